The Labute approximate surface area is 175 Å². The van der Waals surface area contributed by atoms with Gasteiger partial charge in [0.15, 0.2) is 0 Å². The number of benzene rings is 2. The standard InChI is InChI=1S/C22H18F3N3OS/c1-13-6-8-15(9-7-13)18-12-30-20(26-18)28-21(29,22(23,24)25)17-11-10-14-4-2-3-5-16(14)19(17)27-28/h2-9,12,17,29H,10-11H2,1H3/t17-,21+/m0/s1. The average Bonchev–Trinajstić information content (AvgIpc) is 3.32. The number of nitrogens with zero attached hydrogens (tertiary/aromatic N) is 3. The van der Waals surface area contributed by atoms with Crippen LogP contribution in [0, 0.1) is 12.8 Å². The van der Waals surface area contributed by atoms with Crippen molar-refractivity contribution in [2.75, 3.05) is 5.01 Å². The van der Waals surface area contributed by atoms with Gasteiger partial charge >= 0.3 is 6.18 Å². The lowest BCUT2D eigenvalue weighted by Gasteiger charge is -2.38. The normalized spacial score (nSPS) is 23.2. The van der Waals surface area contributed by atoms with Crippen LogP contribution in [0.5, 0.6) is 0 Å². The molecule has 2 aromatic carbocycles. The lowest BCUT2D eigenvalue weighted by molar-refractivity contribution is -0.268. The summed E-state index contributed by atoms with van der Waals surface area (Å²) in [6, 6.07) is 14.9. The van der Waals surface area contributed by atoms with E-state index in [9.17, 15) is 18.3 Å². The maximum absolute atomic E-state index is 14.2. The van der Waals surface area contributed by atoms with Crippen LogP contribution in [0.2, 0.25) is 0 Å². The zero-order valence-electron chi connectivity index (χ0n) is 16.0. The largest absolute Gasteiger partial charge is 0.439 e. The highest BCUT2D eigenvalue weighted by Crippen LogP contribution is 2.51. The quantitative estimate of drug-likeness (QED) is 0.613. The van der Waals surface area contributed by atoms with Crippen molar-refractivity contribution in [1.82, 2.24) is 4.98 Å². The Morgan fingerprint density at radius 2 is 1.87 bits per heavy atom. The van der Waals surface area contributed by atoms with Gasteiger partial charge in [0.05, 0.1) is 17.3 Å². The van der Waals surface area contributed by atoms with Gasteiger partial charge in [0.25, 0.3) is 5.72 Å². The van der Waals surface area contributed by atoms with Crippen LogP contribution in [0.3, 0.4) is 0 Å². The summed E-state index contributed by atoms with van der Waals surface area (Å²) in [7, 11) is 0. The molecule has 0 saturated heterocycles. The molecular weight excluding hydrogens is 411 g/mol. The van der Waals surface area contributed by atoms with Gasteiger partial charge in [-0.05, 0) is 25.3 Å². The van der Waals surface area contributed by atoms with Crippen LogP contribution in [0.25, 0.3) is 11.3 Å². The van der Waals surface area contributed by atoms with Gasteiger partial charge in [0.2, 0.25) is 5.13 Å². The van der Waals surface area contributed by atoms with Crippen molar-refractivity contribution in [2.24, 2.45) is 11.0 Å². The van der Waals surface area contributed by atoms with E-state index >= 15 is 0 Å². The Bertz CT molecular complexity index is 1140. The number of thiazole rings is 1. The van der Waals surface area contributed by atoms with Gasteiger partial charge in [-0.3, -0.25) is 0 Å². The van der Waals surface area contributed by atoms with Crippen LogP contribution in [0.4, 0.5) is 18.3 Å². The summed E-state index contributed by atoms with van der Waals surface area (Å²) in [6.07, 6.45) is -4.28. The number of fused-ring (bicyclic) bond motifs is 3. The minimum absolute atomic E-state index is 0.0183. The summed E-state index contributed by atoms with van der Waals surface area (Å²) in [5.41, 5.74) is 1.17. The van der Waals surface area contributed by atoms with Gasteiger partial charge in [-0.2, -0.15) is 23.3 Å². The fraction of sp³-hybridized carbons (Fsp3) is 0.273. The van der Waals surface area contributed by atoms with Gasteiger partial charge in [-0.15, -0.1) is 11.3 Å². The molecule has 0 radical (unpaired) electrons. The molecule has 8 heteroatoms. The number of halogens is 3. The van der Waals surface area contributed by atoms with E-state index in [-0.39, 0.29) is 17.3 Å². The number of rotatable bonds is 2. The molecule has 154 valence electrons. The maximum Gasteiger partial charge on any atom is 0.439 e. The lowest BCUT2D eigenvalue weighted by atomic mass is 9.77. The first-order valence-electron chi connectivity index (χ1n) is 9.57. The molecule has 30 heavy (non-hydrogen) atoms. The molecule has 0 amide bonds. The topological polar surface area (TPSA) is 48.7 Å². The van der Waals surface area contributed by atoms with Gasteiger partial charge in [0.1, 0.15) is 0 Å². The molecule has 2 heterocycles. The Morgan fingerprint density at radius 1 is 1.13 bits per heavy atom. The van der Waals surface area contributed by atoms with Crippen molar-refractivity contribution in [3.63, 3.8) is 0 Å². The molecule has 1 aliphatic carbocycles. The van der Waals surface area contributed by atoms with E-state index in [0.717, 1.165) is 28.0 Å². The number of aromatic nitrogens is 1. The SMILES string of the molecule is Cc1ccc(-c2csc(N3N=C4c5ccccc5CC[C@@H]4[C@@]3(O)C(F)(F)F)n2)cc1. The summed E-state index contributed by atoms with van der Waals surface area (Å²) in [5.74, 6) is -1.17. The molecule has 0 saturated carbocycles. The number of hydrogen-bond donors (Lipinski definition) is 1. The third-order valence-corrected chi connectivity index (χ3v) is 6.60. The first-order valence-corrected chi connectivity index (χ1v) is 10.5. The zero-order chi connectivity index (χ0) is 21.1. The van der Waals surface area contributed by atoms with Crippen LogP contribution in [-0.2, 0) is 6.42 Å². The molecule has 1 aliphatic heterocycles. The van der Waals surface area contributed by atoms with Gasteiger partial charge in [0, 0.05) is 16.5 Å². The van der Waals surface area contributed by atoms with Crippen molar-refractivity contribution in [3.8, 4) is 11.3 Å². The molecule has 2 atom stereocenters. The fourth-order valence-corrected chi connectivity index (χ4v) is 5.02. The van der Waals surface area contributed by atoms with Crippen LogP contribution in [0.15, 0.2) is 59.0 Å². The second-order valence-corrected chi connectivity index (χ2v) is 8.49. The highest BCUT2D eigenvalue weighted by molar-refractivity contribution is 7.14. The molecule has 0 spiro atoms. The highest BCUT2D eigenvalue weighted by atomic mass is 32.1. The molecular formula is C22H18F3N3OS. The number of hydrogen-bond acceptors (Lipinski definition) is 5. The third kappa shape index (κ3) is 2.78. The number of aliphatic hydroxyl groups is 1. The molecule has 1 N–H and O–H groups in total. The summed E-state index contributed by atoms with van der Waals surface area (Å²) in [4.78, 5) is 4.39. The highest BCUT2D eigenvalue weighted by Gasteiger charge is 2.68. The molecule has 1 aromatic heterocycles. The van der Waals surface area contributed by atoms with Crippen molar-refractivity contribution in [2.45, 2.75) is 31.7 Å². The van der Waals surface area contributed by atoms with E-state index in [1.165, 1.54) is 0 Å². The third-order valence-electron chi connectivity index (χ3n) is 5.78. The predicted molar refractivity (Wildman–Crippen MR) is 111 cm³/mol. The number of aryl methyl sites for hydroxylation is 2. The van der Waals surface area contributed by atoms with Crippen LogP contribution in [-0.4, -0.2) is 27.7 Å². The monoisotopic (exact) mass is 429 g/mol. The first kappa shape index (κ1) is 19.3. The molecule has 4 nitrogen and oxygen atoms in total. The van der Waals surface area contributed by atoms with Crippen LogP contribution < -0.4 is 5.01 Å². The van der Waals surface area contributed by atoms with E-state index in [0.29, 0.717) is 22.7 Å². The van der Waals surface area contributed by atoms with Gasteiger partial charge in [-0.25, -0.2) is 4.98 Å². The number of anilines is 1. The van der Waals surface area contributed by atoms with Gasteiger partial charge < -0.3 is 5.11 Å². The second-order valence-electron chi connectivity index (χ2n) is 7.65. The van der Waals surface area contributed by atoms with E-state index in [2.05, 4.69) is 10.1 Å². The smallest absolute Gasteiger partial charge is 0.362 e. The van der Waals surface area contributed by atoms with Crippen LogP contribution >= 0.6 is 11.3 Å². The van der Waals surface area contributed by atoms with Crippen molar-refractivity contribution < 1.29 is 18.3 Å². The molecule has 2 aliphatic rings. The van der Waals surface area contributed by atoms with Crippen molar-refractivity contribution in [3.05, 3.63) is 70.6 Å². The number of alkyl halides is 3. The minimum Gasteiger partial charge on any atom is -0.362 e. The fourth-order valence-electron chi connectivity index (χ4n) is 4.18. The van der Waals surface area contributed by atoms with E-state index < -0.39 is 17.8 Å². The molecule has 5 rings (SSSR count). The molecule has 3 aromatic rings. The van der Waals surface area contributed by atoms with Crippen molar-refractivity contribution >= 4 is 22.2 Å². The van der Waals surface area contributed by atoms with E-state index in [1.54, 1.807) is 17.5 Å². The summed E-state index contributed by atoms with van der Waals surface area (Å²) >= 11 is 1.04. The van der Waals surface area contributed by atoms with Gasteiger partial charge in [-0.1, -0.05) is 54.1 Å². The number of hydrazone groups is 1. The molecule has 0 fully saturated rings. The maximum atomic E-state index is 14.2. The Hall–Kier alpha value is -2.71. The molecule has 0 unspecified atom stereocenters. The van der Waals surface area contributed by atoms with Crippen molar-refractivity contribution in [1.29, 1.82) is 0 Å². The Morgan fingerprint density at radius 3 is 2.60 bits per heavy atom. The molecule has 0 bridgehead atoms. The Balaban J connectivity index is 1.61. The summed E-state index contributed by atoms with van der Waals surface area (Å²) in [6.45, 7) is 1.96. The summed E-state index contributed by atoms with van der Waals surface area (Å²) < 4.78 is 42.6. The van der Waals surface area contributed by atoms with Crippen LogP contribution in [0.1, 0.15) is 23.1 Å². The van der Waals surface area contributed by atoms with E-state index in [4.69, 9.17) is 0 Å². The van der Waals surface area contributed by atoms with E-state index in [1.807, 2.05) is 43.3 Å². The zero-order valence-corrected chi connectivity index (χ0v) is 16.8. The average molecular weight is 429 g/mol. The minimum atomic E-state index is -4.90. The second kappa shape index (κ2) is 6.65. The summed E-state index contributed by atoms with van der Waals surface area (Å²) in [5, 5.41) is 17.7. The Kier molecular flexibility index (Phi) is 4.27. The predicted octanol–water partition coefficient (Wildman–Crippen LogP) is 5.16. The first-order chi connectivity index (χ1) is 14.3. The lowest BCUT2D eigenvalue weighted by Crippen LogP contribution is -2.60.